The van der Waals surface area contributed by atoms with E-state index in [9.17, 15) is 13.2 Å². The van der Waals surface area contributed by atoms with Gasteiger partial charge in [-0.2, -0.15) is 0 Å². The molecule has 0 bridgehead atoms. The van der Waals surface area contributed by atoms with Crippen LogP contribution in [0.1, 0.15) is 26.5 Å². The van der Waals surface area contributed by atoms with Gasteiger partial charge >= 0.3 is 0 Å². The van der Waals surface area contributed by atoms with Crippen LogP contribution in [-0.2, 0) is 10.0 Å². The van der Waals surface area contributed by atoms with Crippen molar-refractivity contribution in [1.29, 1.82) is 0 Å². The van der Waals surface area contributed by atoms with Crippen molar-refractivity contribution >= 4 is 15.7 Å². The topological polar surface area (TPSA) is 88.7 Å². The van der Waals surface area contributed by atoms with Gasteiger partial charge in [0.25, 0.3) is 15.6 Å². The fourth-order valence-electron chi connectivity index (χ4n) is 3.24. The van der Waals surface area contributed by atoms with Gasteiger partial charge in [-0.15, -0.1) is 0 Å². The third-order valence-corrected chi connectivity index (χ3v) is 6.57. The number of pyridine rings is 1. The van der Waals surface area contributed by atoms with Crippen LogP contribution in [0, 0.1) is 6.92 Å². The number of hydrogen-bond donors (Lipinski definition) is 1. The van der Waals surface area contributed by atoms with Crippen LogP contribution in [0.15, 0.2) is 70.4 Å². The fraction of sp³-hybridized carbons (Fsp3) is 0.261. The van der Waals surface area contributed by atoms with Crippen molar-refractivity contribution in [3.63, 3.8) is 0 Å². The smallest absolute Gasteiger partial charge is 0.293 e. The molecule has 0 radical (unpaired) electrons. The third kappa shape index (κ3) is 4.74. The molecule has 164 valence electrons. The Bertz CT molecular complexity index is 1230. The summed E-state index contributed by atoms with van der Waals surface area (Å²) < 4.78 is 39.6. The number of nitrogens with one attached hydrogen (secondary N) is 1. The van der Waals surface area contributed by atoms with Crippen LogP contribution in [0.3, 0.4) is 0 Å². The lowest BCUT2D eigenvalue weighted by molar-refractivity contribution is 0.408. The summed E-state index contributed by atoms with van der Waals surface area (Å²) in [6, 6.07) is 16.5. The van der Waals surface area contributed by atoms with E-state index >= 15 is 0 Å². The Morgan fingerprint density at radius 3 is 2.19 bits per heavy atom. The van der Waals surface area contributed by atoms with Crippen molar-refractivity contribution < 1.29 is 17.9 Å². The molecule has 0 aliphatic rings. The molecule has 3 rings (SSSR count). The van der Waals surface area contributed by atoms with Crippen LogP contribution < -0.4 is 19.3 Å². The van der Waals surface area contributed by atoms with Gasteiger partial charge in [-0.1, -0.05) is 24.3 Å². The molecule has 0 saturated carbocycles. The zero-order valence-corrected chi connectivity index (χ0v) is 19.0. The highest BCUT2D eigenvalue weighted by molar-refractivity contribution is 7.93. The molecule has 0 saturated heterocycles. The van der Waals surface area contributed by atoms with E-state index in [1.807, 2.05) is 0 Å². The minimum absolute atomic E-state index is 0.117. The normalized spacial score (nSPS) is 11.8. The molecule has 1 N–H and O–H groups in total. The highest BCUT2D eigenvalue weighted by Gasteiger charge is 2.37. The second-order valence-corrected chi connectivity index (χ2v) is 9.82. The summed E-state index contributed by atoms with van der Waals surface area (Å²) in [4.78, 5) is 15.7. The van der Waals surface area contributed by atoms with E-state index in [1.54, 1.807) is 76.2 Å². The number of benzene rings is 2. The number of nitrogens with zero attached hydrogens (tertiary/aromatic N) is 1. The van der Waals surface area contributed by atoms with Crippen molar-refractivity contribution in [3.8, 4) is 17.2 Å². The molecule has 1 heterocycles. The first-order valence-electron chi connectivity index (χ1n) is 9.70. The first-order valence-corrected chi connectivity index (χ1v) is 11.1. The molecule has 0 aliphatic carbocycles. The van der Waals surface area contributed by atoms with Crippen molar-refractivity contribution in [2.24, 2.45) is 0 Å². The van der Waals surface area contributed by atoms with Crippen molar-refractivity contribution in [3.05, 3.63) is 76.7 Å². The van der Waals surface area contributed by atoms with E-state index in [0.29, 0.717) is 17.2 Å². The van der Waals surface area contributed by atoms with Gasteiger partial charge in [-0.3, -0.25) is 9.10 Å². The minimum atomic E-state index is -4.00. The van der Waals surface area contributed by atoms with Crippen LogP contribution in [0.4, 0.5) is 5.69 Å². The highest BCUT2D eigenvalue weighted by Crippen LogP contribution is 2.38. The standard InChI is InChI=1S/C23H26N2O5S/c1-16-14-20(21(22(26)24-16)30-18-11-9-10-17(15-18)29-5)25(23(2,3)4)31(27,28)19-12-7-6-8-13-19/h6-15H,1-5H3,(H,24,26). The number of hydrogen-bond acceptors (Lipinski definition) is 5. The van der Waals surface area contributed by atoms with Gasteiger partial charge in [-0.05, 0) is 58.0 Å². The largest absolute Gasteiger partial charge is 0.497 e. The molecule has 1 aromatic heterocycles. The number of H-pyrrole nitrogens is 1. The van der Waals surface area contributed by atoms with Gasteiger partial charge in [0.05, 0.1) is 12.0 Å². The van der Waals surface area contributed by atoms with Gasteiger partial charge in [0.2, 0.25) is 5.75 Å². The van der Waals surface area contributed by atoms with Gasteiger partial charge in [0.15, 0.2) is 0 Å². The quantitative estimate of drug-likeness (QED) is 0.608. The molecule has 7 nitrogen and oxygen atoms in total. The molecular formula is C23H26N2O5S. The van der Waals surface area contributed by atoms with Crippen LogP contribution in [-0.4, -0.2) is 26.1 Å². The van der Waals surface area contributed by atoms with E-state index in [0.717, 1.165) is 0 Å². The SMILES string of the molecule is COc1cccc(Oc2c(N(C(C)(C)C)S(=O)(=O)c3ccccc3)cc(C)[nH]c2=O)c1. The Morgan fingerprint density at radius 1 is 0.935 bits per heavy atom. The maximum Gasteiger partial charge on any atom is 0.293 e. The molecule has 2 aromatic carbocycles. The minimum Gasteiger partial charge on any atom is -0.497 e. The Labute approximate surface area is 182 Å². The summed E-state index contributed by atoms with van der Waals surface area (Å²) in [7, 11) is -2.47. The van der Waals surface area contributed by atoms with E-state index in [4.69, 9.17) is 9.47 Å². The number of aromatic amines is 1. The summed E-state index contributed by atoms with van der Waals surface area (Å²) >= 11 is 0. The van der Waals surface area contributed by atoms with Crippen LogP contribution in [0.5, 0.6) is 17.2 Å². The first-order chi connectivity index (χ1) is 14.5. The molecule has 0 aliphatic heterocycles. The van der Waals surface area contributed by atoms with Gasteiger partial charge < -0.3 is 14.5 Å². The van der Waals surface area contributed by atoms with Crippen molar-refractivity contribution in [2.45, 2.75) is 38.1 Å². The Morgan fingerprint density at radius 2 is 1.58 bits per heavy atom. The maximum atomic E-state index is 13.6. The van der Waals surface area contributed by atoms with E-state index in [2.05, 4.69) is 4.98 Å². The lowest BCUT2D eigenvalue weighted by Gasteiger charge is -2.37. The predicted molar refractivity (Wildman–Crippen MR) is 121 cm³/mol. The summed E-state index contributed by atoms with van der Waals surface area (Å²) in [6.07, 6.45) is 0. The Balaban J connectivity index is 2.24. The number of aryl methyl sites for hydroxylation is 1. The number of methoxy groups -OCH3 is 1. The first kappa shape index (κ1) is 22.4. The lowest BCUT2D eigenvalue weighted by atomic mass is 10.1. The molecule has 31 heavy (non-hydrogen) atoms. The zero-order valence-electron chi connectivity index (χ0n) is 18.2. The number of ether oxygens (including phenoxy) is 2. The average Bonchev–Trinajstić information content (AvgIpc) is 2.70. The third-order valence-electron chi connectivity index (χ3n) is 4.47. The second-order valence-electron chi connectivity index (χ2n) is 8.03. The van der Waals surface area contributed by atoms with Crippen LogP contribution in [0.25, 0.3) is 0 Å². The van der Waals surface area contributed by atoms with Crippen molar-refractivity contribution in [1.82, 2.24) is 4.98 Å². The van der Waals surface area contributed by atoms with Gasteiger partial charge in [0, 0.05) is 17.3 Å². The molecule has 0 unspecified atom stereocenters. The van der Waals surface area contributed by atoms with E-state index < -0.39 is 21.1 Å². The number of aromatic nitrogens is 1. The lowest BCUT2D eigenvalue weighted by Crippen LogP contribution is -2.46. The Kier molecular flexibility index (Phi) is 6.13. The molecule has 0 atom stereocenters. The van der Waals surface area contributed by atoms with Crippen LogP contribution in [0.2, 0.25) is 0 Å². The molecule has 3 aromatic rings. The molecule has 0 fully saturated rings. The fourth-order valence-corrected chi connectivity index (χ4v) is 5.07. The monoisotopic (exact) mass is 442 g/mol. The van der Waals surface area contributed by atoms with Crippen molar-refractivity contribution in [2.75, 3.05) is 11.4 Å². The average molecular weight is 443 g/mol. The summed E-state index contributed by atoms with van der Waals surface area (Å²) in [5, 5.41) is 0. The molecule has 8 heteroatoms. The van der Waals surface area contributed by atoms with Gasteiger partial charge in [0.1, 0.15) is 17.2 Å². The van der Waals surface area contributed by atoms with E-state index in [-0.39, 0.29) is 16.3 Å². The Hall–Kier alpha value is -3.26. The summed E-state index contributed by atoms with van der Waals surface area (Å²) in [6.45, 7) is 6.98. The predicted octanol–water partition coefficient (Wildman–Crippen LogP) is 4.48. The number of anilines is 1. The number of rotatable bonds is 6. The van der Waals surface area contributed by atoms with E-state index in [1.165, 1.54) is 23.5 Å². The maximum absolute atomic E-state index is 13.6. The molecular weight excluding hydrogens is 416 g/mol. The zero-order chi connectivity index (χ0) is 22.8. The number of sulfonamides is 1. The second kappa shape index (κ2) is 8.47. The molecule has 0 spiro atoms. The van der Waals surface area contributed by atoms with Crippen LogP contribution >= 0.6 is 0 Å². The summed E-state index contributed by atoms with van der Waals surface area (Å²) in [5.74, 6) is 0.779. The summed E-state index contributed by atoms with van der Waals surface area (Å²) in [5.41, 5.74) is -0.757. The highest BCUT2D eigenvalue weighted by atomic mass is 32.2. The molecule has 0 amide bonds. The van der Waals surface area contributed by atoms with Gasteiger partial charge in [-0.25, -0.2) is 8.42 Å².